The minimum absolute atomic E-state index is 0. The van der Waals surface area contributed by atoms with E-state index in [0.717, 1.165) is 40.8 Å². The molecule has 3 aromatic carbocycles. The summed E-state index contributed by atoms with van der Waals surface area (Å²) >= 11 is 6.11. The van der Waals surface area contributed by atoms with E-state index in [4.69, 9.17) is 16.3 Å². The molecule has 0 spiro atoms. The first-order chi connectivity index (χ1) is 17.5. The minimum Gasteiger partial charge on any atom is -0.508 e. The molecule has 37 heavy (non-hydrogen) atoms. The Bertz CT molecular complexity index is 1370. The summed E-state index contributed by atoms with van der Waals surface area (Å²) in [5, 5.41) is 14.1. The lowest BCUT2D eigenvalue weighted by atomic mass is 10.0. The third-order valence-corrected chi connectivity index (χ3v) is 7.56. The van der Waals surface area contributed by atoms with Crippen LogP contribution >= 0.6 is 24.0 Å². The molecule has 3 aromatic rings. The molecular weight excluding hydrogens is 513 g/mol. The van der Waals surface area contributed by atoms with Gasteiger partial charge in [-0.1, -0.05) is 35.9 Å². The van der Waals surface area contributed by atoms with Crippen LogP contribution in [0.2, 0.25) is 5.02 Å². The zero-order valence-corrected chi connectivity index (χ0v) is 21.6. The number of hydrogen-bond donors (Lipinski definition) is 2. The van der Waals surface area contributed by atoms with E-state index in [1.165, 1.54) is 5.56 Å². The van der Waals surface area contributed by atoms with Crippen LogP contribution in [0, 0.1) is 0 Å². The number of nitrogens with one attached hydrogen (secondary N) is 1. The first-order valence-electron chi connectivity index (χ1n) is 12.2. The molecule has 0 unspecified atom stereocenters. The van der Waals surface area contributed by atoms with Crippen molar-refractivity contribution in [2.45, 2.75) is 31.9 Å². The van der Waals surface area contributed by atoms with Gasteiger partial charge >= 0.3 is 6.09 Å². The first kappa shape index (κ1) is 25.4. The molecule has 9 heteroatoms. The van der Waals surface area contributed by atoms with Crippen LogP contribution < -0.4 is 10.2 Å². The normalized spacial score (nSPS) is 16.8. The SMILES string of the molecule is Cl.O=C(CN1CCC(N2C(=O)OCc3cc(Cl)ccc32)CC1)Nc1cc(O)c2c(c1)-c1ccccc1C2. The Kier molecular flexibility index (Phi) is 7.03. The lowest BCUT2D eigenvalue weighted by Crippen LogP contribution is -2.50. The summed E-state index contributed by atoms with van der Waals surface area (Å²) in [5.74, 6) is 0.0752. The van der Waals surface area contributed by atoms with E-state index in [2.05, 4.69) is 16.3 Å². The van der Waals surface area contributed by atoms with Crippen molar-refractivity contribution in [3.63, 3.8) is 0 Å². The van der Waals surface area contributed by atoms with Crippen molar-refractivity contribution in [2.75, 3.05) is 29.9 Å². The number of carbonyl (C=O) groups excluding carboxylic acids is 2. The summed E-state index contributed by atoms with van der Waals surface area (Å²) in [6.45, 7) is 1.85. The standard InChI is InChI=1S/C28H26ClN3O4.ClH/c29-19-5-6-25-18(11-19)16-36-28(35)32(25)21-7-9-31(10-8-21)15-27(34)30-20-13-23-22-4-2-1-3-17(22)12-24(23)26(33)14-20;/h1-6,11,13-14,21,33H,7-10,12,15-16H2,(H,30,34);1H. The number of piperidine rings is 1. The van der Waals surface area contributed by atoms with Gasteiger partial charge in [-0.15, -0.1) is 12.4 Å². The van der Waals surface area contributed by atoms with Crippen LogP contribution in [-0.2, 0) is 22.6 Å². The van der Waals surface area contributed by atoms with E-state index in [0.29, 0.717) is 30.2 Å². The Balaban J connectivity index is 0.00000280. The van der Waals surface area contributed by atoms with Crippen molar-refractivity contribution in [3.8, 4) is 16.9 Å². The fraction of sp³-hybridized carbons (Fsp3) is 0.286. The molecule has 0 atom stereocenters. The van der Waals surface area contributed by atoms with Crippen molar-refractivity contribution in [2.24, 2.45) is 0 Å². The van der Waals surface area contributed by atoms with Crippen molar-refractivity contribution in [1.82, 2.24) is 4.90 Å². The molecule has 0 radical (unpaired) electrons. The Labute approximate surface area is 226 Å². The second kappa shape index (κ2) is 10.2. The molecule has 0 saturated carbocycles. The van der Waals surface area contributed by atoms with Crippen LogP contribution in [0.15, 0.2) is 54.6 Å². The van der Waals surface area contributed by atoms with Gasteiger partial charge in [0.25, 0.3) is 0 Å². The molecule has 6 rings (SSSR count). The molecule has 0 aromatic heterocycles. The molecule has 7 nitrogen and oxygen atoms in total. The Morgan fingerprint density at radius 1 is 1.05 bits per heavy atom. The number of ether oxygens (including phenoxy) is 1. The number of cyclic esters (lactones) is 1. The highest BCUT2D eigenvalue weighted by molar-refractivity contribution is 6.30. The number of carbonyl (C=O) groups is 2. The highest BCUT2D eigenvalue weighted by Crippen LogP contribution is 2.42. The summed E-state index contributed by atoms with van der Waals surface area (Å²) in [7, 11) is 0. The van der Waals surface area contributed by atoms with Gasteiger partial charge in [-0.2, -0.15) is 0 Å². The second-order valence-electron chi connectivity index (χ2n) is 9.61. The van der Waals surface area contributed by atoms with Gasteiger partial charge in [-0.3, -0.25) is 14.6 Å². The zero-order chi connectivity index (χ0) is 24.8. The fourth-order valence-corrected chi connectivity index (χ4v) is 5.77. The number of amides is 2. The van der Waals surface area contributed by atoms with E-state index in [9.17, 15) is 14.7 Å². The molecule has 2 N–H and O–H groups in total. The number of hydrogen-bond acceptors (Lipinski definition) is 5. The minimum atomic E-state index is -0.334. The maximum atomic E-state index is 12.8. The van der Waals surface area contributed by atoms with Crippen LogP contribution in [0.5, 0.6) is 5.75 Å². The van der Waals surface area contributed by atoms with E-state index in [-0.39, 0.29) is 49.4 Å². The highest BCUT2D eigenvalue weighted by Gasteiger charge is 2.34. The fourth-order valence-electron chi connectivity index (χ4n) is 5.58. The molecule has 2 amide bonds. The van der Waals surface area contributed by atoms with E-state index >= 15 is 0 Å². The highest BCUT2D eigenvalue weighted by atomic mass is 35.5. The number of halogens is 2. The molecule has 1 aliphatic carbocycles. The summed E-state index contributed by atoms with van der Waals surface area (Å²) in [6.07, 6.45) is 1.84. The van der Waals surface area contributed by atoms with Gasteiger partial charge in [0.15, 0.2) is 0 Å². The van der Waals surface area contributed by atoms with Gasteiger partial charge < -0.3 is 15.2 Å². The maximum Gasteiger partial charge on any atom is 0.414 e. The largest absolute Gasteiger partial charge is 0.508 e. The van der Waals surface area contributed by atoms with Gasteiger partial charge in [0.2, 0.25) is 5.91 Å². The van der Waals surface area contributed by atoms with Crippen LogP contribution in [0.4, 0.5) is 16.2 Å². The summed E-state index contributed by atoms with van der Waals surface area (Å²) in [6, 6.07) is 17.2. The van der Waals surface area contributed by atoms with E-state index in [1.54, 1.807) is 17.0 Å². The number of benzene rings is 3. The van der Waals surface area contributed by atoms with E-state index in [1.807, 2.05) is 36.4 Å². The third-order valence-electron chi connectivity index (χ3n) is 7.32. The number of fused-ring (bicyclic) bond motifs is 4. The van der Waals surface area contributed by atoms with Gasteiger partial charge in [0.05, 0.1) is 12.2 Å². The number of rotatable bonds is 4. The summed E-state index contributed by atoms with van der Waals surface area (Å²) in [5.41, 5.74) is 6.50. The number of nitrogens with zero attached hydrogens (tertiary/aromatic N) is 2. The Morgan fingerprint density at radius 3 is 2.65 bits per heavy atom. The first-order valence-corrected chi connectivity index (χ1v) is 12.5. The van der Waals surface area contributed by atoms with Crippen LogP contribution in [0.3, 0.4) is 0 Å². The molecular formula is C28H27Cl2N3O4. The van der Waals surface area contributed by atoms with Crippen molar-refractivity contribution in [3.05, 3.63) is 76.3 Å². The molecule has 1 saturated heterocycles. The maximum absolute atomic E-state index is 12.8. The van der Waals surface area contributed by atoms with Crippen molar-refractivity contribution < 1.29 is 19.4 Å². The van der Waals surface area contributed by atoms with Crippen LogP contribution in [0.1, 0.15) is 29.5 Å². The molecule has 2 aliphatic heterocycles. The second-order valence-corrected chi connectivity index (χ2v) is 10.0. The predicted octanol–water partition coefficient (Wildman–Crippen LogP) is 5.60. The average Bonchev–Trinajstić information content (AvgIpc) is 3.24. The zero-order valence-electron chi connectivity index (χ0n) is 20.1. The number of phenolic OH excluding ortho intramolecular Hbond substituents is 1. The van der Waals surface area contributed by atoms with Gasteiger partial charge in [-0.05, 0) is 53.8 Å². The molecule has 2 heterocycles. The van der Waals surface area contributed by atoms with Crippen molar-refractivity contribution in [1.29, 1.82) is 0 Å². The third kappa shape index (κ3) is 4.87. The molecule has 0 bridgehead atoms. The Morgan fingerprint density at radius 2 is 1.84 bits per heavy atom. The van der Waals surface area contributed by atoms with E-state index < -0.39 is 0 Å². The molecule has 192 valence electrons. The quantitative estimate of drug-likeness (QED) is 0.352. The van der Waals surface area contributed by atoms with Crippen LogP contribution in [-0.4, -0.2) is 47.7 Å². The average molecular weight is 540 g/mol. The number of aromatic hydroxyl groups is 1. The molecule has 1 fully saturated rings. The monoisotopic (exact) mass is 539 g/mol. The van der Waals surface area contributed by atoms with Gasteiger partial charge in [0.1, 0.15) is 12.4 Å². The lowest BCUT2D eigenvalue weighted by Gasteiger charge is -2.40. The van der Waals surface area contributed by atoms with Gasteiger partial charge in [0, 0.05) is 53.5 Å². The molecule has 3 aliphatic rings. The van der Waals surface area contributed by atoms with Crippen LogP contribution in [0.25, 0.3) is 11.1 Å². The van der Waals surface area contributed by atoms with Gasteiger partial charge in [-0.25, -0.2) is 4.79 Å². The Hall–Kier alpha value is -3.26. The smallest absolute Gasteiger partial charge is 0.414 e. The predicted molar refractivity (Wildman–Crippen MR) is 146 cm³/mol. The number of likely N-dealkylation sites (tertiary alicyclic amines) is 1. The summed E-state index contributed by atoms with van der Waals surface area (Å²) < 4.78 is 5.38. The van der Waals surface area contributed by atoms with Crippen molar-refractivity contribution >= 4 is 47.4 Å². The summed E-state index contributed by atoms with van der Waals surface area (Å²) in [4.78, 5) is 29.2. The topological polar surface area (TPSA) is 82.1 Å². The lowest BCUT2D eigenvalue weighted by molar-refractivity contribution is -0.117. The number of phenols is 1. The number of anilines is 2.